The van der Waals surface area contributed by atoms with E-state index in [9.17, 15) is 0 Å². The summed E-state index contributed by atoms with van der Waals surface area (Å²) in [6, 6.07) is 0. The van der Waals surface area contributed by atoms with E-state index in [1.54, 1.807) is 0 Å². The summed E-state index contributed by atoms with van der Waals surface area (Å²) in [7, 11) is 0. The molecule has 1 aliphatic carbocycles. The first kappa shape index (κ1) is 39.3. The number of fused-ring (bicyclic) bond motifs is 1. The van der Waals surface area contributed by atoms with Crippen LogP contribution in [-0.4, -0.2) is 18.0 Å². The summed E-state index contributed by atoms with van der Waals surface area (Å²) >= 11 is 0. The van der Waals surface area contributed by atoms with Crippen LogP contribution in [0.1, 0.15) is 213 Å². The number of unbranched alkanes of at least 4 members (excludes halogenated alkanes) is 21. The van der Waals surface area contributed by atoms with Crippen LogP contribution in [0.4, 0.5) is 0 Å². The van der Waals surface area contributed by atoms with Gasteiger partial charge in [-0.1, -0.05) is 147 Å². The Balaban J connectivity index is 1.45. The van der Waals surface area contributed by atoms with Crippen LogP contribution in [-0.2, 0) is 9.47 Å². The zero-order valence-electron chi connectivity index (χ0n) is 29.9. The molecule has 0 bridgehead atoms. The van der Waals surface area contributed by atoms with Crippen LogP contribution in [0.2, 0.25) is 0 Å². The van der Waals surface area contributed by atoms with Gasteiger partial charge in [-0.15, -0.1) is 0 Å². The fraction of sp³-hybridized carbons (Fsp3) is 0.857. The predicted molar refractivity (Wildman–Crippen MR) is 194 cm³/mol. The van der Waals surface area contributed by atoms with Gasteiger partial charge >= 0.3 is 0 Å². The molecule has 2 aliphatic rings. The van der Waals surface area contributed by atoms with Gasteiger partial charge in [0, 0.05) is 12.8 Å². The van der Waals surface area contributed by atoms with Crippen molar-refractivity contribution in [2.45, 2.75) is 231 Å². The Hall–Kier alpha value is -0.860. The van der Waals surface area contributed by atoms with E-state index in [2.05, 4.69) is 50.3 Å². The molecule has 2 fully saturated rings. The normalized spacial score (nSPS) is 19.8. The Bertz CT molecular complexity index is 695. The molecule has 1 heterocycles. The van der Waals surface area contributed by atoms with Crippen LogP contribution < -0.4 is 0 Å². The van der Waals surface area contributed by atoms with Gasteiger partial charge in [0.25, 0.3) is 0 Å². The maximum absolute atomic E-state index is 6.68. The van der Waals surface area contributed by atoms with Gasteiger partial charge in [0.2, 0.25) is 0 Å². The molecular weight excluding hydrogens is 536 g/mol. The molecule has 44 heavy (non-hydrogen) atoms. The van der Waals surface area contributed by atoms with Crippen LogP contribution >= 0.6 is 0 Å². The van der Waals surface area contributed by atoms with Gasteiger partial charge in [0.05, 0.1) is 12.2 Å². The van der Waals surface area contributed by atoms with Gasteiger partial charge in [-0.2, -0.15) is 0 Å². The van der Waals surface area contributed by atoms with Gasteiger partial charge in [-0.25, -0.2) is 0 Å². The standard InChI is InChI=1S/C42H76O2/c1-3-5-7-9-11-13-15-17-19-21-23-25-27-29-31-33-38-42(43-40-36-35-37-41(40)44-42)39-34-32-30-28-26-24-22-20-18-16-14-12-10-8-6-4-2/h11,13,17-20,40-41H,3-10,12,14-16,21-39H2,1-2H3/b13-11-,19-17-,20-18-/t40-,41-/m0/s1. The molecule has 0 radical (unpaired) electrons. The Morgan fingerprint density at radius 1 is 0.432 bits per heavy atom. The first-order valence-electron chi connectivity index (χ1n) is 20.1. The highest BCUT2D eigenvalue weighted by Crippen LogP contribution is 2.43. The fourth-order valence-electron chi connectivity index (χ4n) is 7.13. The largest absolute Gasteiger partial charge is 0.344 e. The molecule has 2 atom stereocenters. The average Bonchev–Trinajstić information content (AvgIpc) is 3.60. The third kappa shape index (κ3) is 20.3. The van der Waals surface area contributed by atoms with Crippen LogP contribution in [0.5, 0.6) is 0 Å². The summed E-state index contributed by atoms with van der Waals surface area (Å²) in [4.78, 5) is 0. The van der Waals surface area contributed by atoms with Gasteiger partial charge in [0.15, 0.2) is 5.79 Å². The smallest absolute Gasteiger partial charge is 0.169 e. The molecule has 1 saturated heterocycles. The monoisotopic (exact) mass is 613 g/mol. The van der Waals surface area contributed by atoms with Gasteiger partial charge in [-0.05, 0) is 89.9 Å². The van der Waals surface area contributed by atoms with Crippen LogP contribution in [0, 0.1) is 0 Å². The second-order valence-corrected chi connectivity index (χ2v) is 14.2. The quantitative estimate of drug-likeness (QED) is 0.0573. The van der Waals surface area contributed by atoms with E-state index < -0.39 is 0 Å². The first-order chi connectivity index (χ1) is 21.8. The summed E-state index contributed by atoms with van der Waals surface area (Å²) in [6.45, 7) is 4.57. The zero-order chi connectivity index (χ0) is 31.2. The zero-order valence-corrected chi connectivity index (χ0v) is 29.9. The summed E-state index contributed by atoms with van der Waals surface area (Å²) in [6.07, 6.45) is 55.8. The van der Waals surface area contributed by atoms with Crippen molar-refractivity contribution in [2.24, 2.45) is 0 Å². The summed E-state index contributed by atoms with van der Waals surface area (Å²) < 4.78 is 13.4. The van der Waals surface area contributed by atoms with Crippen molar-refractivity contribution < 1.29 is 9.47 Å². The SMILES string of the molecule is CCCCC/C=C\C/C=C\CCCCCCCCC1(CCCCCCCC/C=C\CCCCCCCC)O[C@H]2CCC[C@@H]2O1. The molecular formula is C42H76O2. The molecule has 2 nitrogen and oxygen atoms in total. The number of allylic oxidation sites excluding steroid dienone is 6. The van der Waals surface area contributed by atoms with Crippen molar-refractivity contribution in [3.63, 3.8) is 0 Å². The van der Waals surface area contributed by atoms with E-state index in [1.807, 2.05) is 0 Å². The van der Waals surface area contributed by atoms with E-state index in [4.69, 9.17) is 9.47 Å². The van der Waals surface area contributed by atoms with Crippen molar-refractivity contribution in [3.8, 4) is 0 Å². The van der Waals surface area contributed by atoms with E-state index in [-0.39, 0.29) is 5.79 Å². The van der Waals surface area contributed by atoms with Crippen LogP contribution in [0.25, 0.3) is 0 Å². The molecule has 2 heteroatoms. The second kappa shape index (κ2) is 28.4. The third-order valence-corrected chi connectivity index (χ3v) is 9.95. The van der Waals surface area contributed by atoms with E-state index in [1.165, 1.54) is 180 Å². The predicted octanol–water partition coefficient (Wildman–Crippen LogP) is 14.3. The molecule has 0 aromatic carbocycles. The molecule has 2 rings (SSSR count). The highest BCUT2D eigenvalue weighted by molar-refractivity contribution is 4.93. The Morgan fingerprint density at radius 3 is 1.23 bits per heavy atom. The average molecular weight is 613 g/mol. The number of hydrogen-bond donors (Lipinski definition) is 0. The molecule has 256 valence electrons. The van der Waals surface area contributed by atoms with Crippen LogP contribution in [0.15, 0.2) is 36.5 Å². The number of rotatable bonds is 31. The third-order valence-electron chi connectivity index (χ3n) is 9.95. The highest BCUT2D eigenvalue weighted by Gasteiger charge is 2.48. The summed E-state index contributed by atoms with van der Waals surface area (Å²) in [5.41, 5.74) is 0. The highest BCUT2D eigenvalue weighted by atomic mass is 16.8. The lowest BCUT2D eigenvalue weighted by Crippen LogP contribution is -2.31. The Labute approximate surface area is 276 Å². The maximum atomic E-state index is 6.68. The van der Waals surface area contributed by atoms with E-state index in [0.29, 0.717) is 12.2 Å². The topological polar surface area (TPSA) is 18.5 Å². The van der Waals surface area contributed by atoms with Crippen molar-refractivity contribution in [1.82, 2.24) is 0 Å². The lowest BCUT2D eigenvalue weighted by molar-refractivity contribution is -0.190. The number of hydrogen-bond acceptors (Lipinski definition) is 2. The van der Waals surface area contributed by atoms with Crippen LogP contribution in [0.3, 0.4) is 0 Å². The molecule has 0 N–H and O–H groups in total. The summed E-state index contributed by atoms with van der Waals surface area (Å²) in [5, 5.41) is 0. The van der Waals surface area contributed by atoms with Gasteiger partial charge in [0.1, 0.15) is 0 Å². The van der Waals surface area contributed by atoms with Gasteiger partial charge < -0.3 is 9.47 Å². The number of ether oxygens (including phenoxy) is 2. The molecule has 0 spiro atoms. The maximum Gasteiger partial charge on any atom is 0.169 e. The molecule has 0 amide bonds. The first-order valence-corrected chi connectivity index (χ1v) is 20.1. The minimum absolute atomic E-state index is 0.258. The van der Waals surface area contributed by atoms with Crippen molar-refractivity contribution >= 4 is 0 Å². The minimum Gasteiger partial charge on any atom is -0.344 e. The second-order valence-electron chi connectivity index (χ2n) is 14.2. The van der Waals surface area contributed by atoms with E-state index in [0.717, 1.165) is 19.3 Å². The molecule has 0 aromatic heterocycles. The van der Waals surface area contributed by atoms with Crippen molar-refractivity contribution in [3.05, 3.63) is 36.5 Å². The fourth-order valence-corrected chi connectivity index (χ4v) is 7.13. The van der Waals surface area contributed by atoms with E-state index >= 15 is 0 Å². The Morgan fingerprint density at radius 2 is 0.773 bits per heavy atom. The lowest BCUT2D eigenvalue weighted by atomic mass is 9.98. The summed E-state index contributed by atoms with van der Waals surface area (Å²) in [5.74, 6) is -0.258. The van der Waals surface area contributed by atoms with Crippen molar-refractivity contribution in [1.29, 1.82) is 0 Å². The molecule has 0 aromatic rings. The lowest BCUT2D eigenvalue weighted by Gasteiger charge is -2.29. The molecule has 1 aliphatic heterocycles. The molecule has 1 saturated carbocycles. The van der Waals surface area contributed by atoms with Crippen molar-refractivity contribution in [2.75, 3.05) is 0 Å². The molecule has 0 unspecified atom stereocenters. The van der Waals surface area contributed by atoms with Gasteiger partial charge in [-0.3, -0.25) is 0 Å². The Kier molecular flexibility index (Phi) is 25.4. The minimum atomic E-state index is -0.258.